The maximum atomic E-state index is 14.5. The summed E-state index contributed by atoms with van der Waals surface area (Å²) in [7, 11) is -12.7. The van der Waals surface area contributed by atoms with Crippen molar-refractivity contribution in [2.45, 2.75) is 105 Å². The highest BCUT2D eigenvalue weighted by Gasteiger charge is 2.40. The number of sulfonamides is 1. The molecule has 0 saturated carbocycles. The van der Waals surface area contributed by atoms with Gasteiger partial charge in [0.25, 0.3) is 20.2 Å². The van der Waals surface area contributed by atoms with Crippen LogP contribution in [0.15, 0.2) is 136 Å². The van der Waals surface area contributed by atoms with Crippen molar-refractivity contribution in [3.8, 4) is 0 Å². The SMILES string of the molecule is CCN(Cc1cccc(S(=O)(=O)O)c1)c1ccc(C(c2ccc(N(CC)Cc3cccc(S(=O)(=O)O)c3)cc2)c2ccccc2S(=O)(=O)NC2CC(C)(C)NC(C)(C)C2)cc1. The molecule has 0 amide bonds. The third kappa shape index (κ3) is 11.5. The molecule has 1 aliphatic rings. The van der Waals surface area contributed by atoms with Crippen LogP contribution >= 0.6 is 0 Å². The molecule has 0 atom stereocenters. The van der Waals surface area contributed by atoms with Gasteiger partial charge in [-0.3, -0.25) is 9.11 Å². The molecular formula is C46H56N4O8S3. The molecule has 0 aromatic heterocycles. The topological polar surface area (TPSA) is 173 Å². The Bertz CT molecular complexity index is 2520. The monoisotopic (exact) mass is 888 g/mol. The standard InChI is InChI=1S/C46H56N4O8S3/c1-7-49(31-33-13-11-15-40(27-33)60(53,54)55)38-23-19-35(20-24-38)44(36-21-25-39(26-22-36)50(8-2)32-34-14-12-16-41(28-34)61(56,57)58)42-17-9-10-18-43(42)59(51,52)47-37-29-45(3,4)48-46(5,6)30-37/h9-28,37,44,47-48H,7-8,29-32H2,1-6H3,(H,53,54,55)(H,56,57,58). The van der Waals surface area contributed by atoms with E-state index in [0.29, 0.717) is 55.7 Å². The molecule has 61 heavy (non-hydrogen) atoms. The third-order valence-electron chi connectivity index (χ3n) is 11.1. The maximum Gasteiger partial charge on any atom is 0.294 e. The molecule has 1 saturated heterocycles. The lowest BCUT2D eigenvalue weighted by molar-refractivity contribution is 0.157. The van der Waals surface area contributed by atoms with E-state index >= 15 is 0 Å². The Labute approximate surface area is 361 Å². The van der Waals surface area contributed by atoms with Crippen LogP contribution in [0.5, 0.6) is 0 Å². The molecule has 5 aromatic carbocycles. The van der Waals surface area contributed by atoms with E-state index in [2.05, 4.69) is 47.5 Å². The van der Waals surface area contributed by atoms with Crippen LogP contribution in [0, 0.1) is 0 Å². The van der Waals surface area contributed by atoms with Gasteiger partial charge in [-0.1, -0.05) is 66.7 Å². The zero-order chi connectivity index (χ0) is 44.4. The Morgan fingerprint density at radius 1 is 0.623 bits per heavy atom. The van der Waals surface area contributed by atoms with Crippen LogP contribution < -0.4 is 19.8 Å². The van der Waals surface area contributed by atoms with Gasteiger partial charge in [0, 0.05) is 60.6 Å². The lowest BCUT2D eigenvalue weighted by atomic mass is 9.80. The number of nitrogens with one attached hydrogen (secondary N) is 2. The quantitative estimate of drug-likeness (QED) is 0.0559. The summed E-state index contributed by atoms with van der Waals surface area (Å²) in [5.74, 6) is -0.514. The van der Waals surface area contributed by atoms with Crippen molar-refractivity contribution in [2.24, 2.45) is 0 Å². The number of anilines is 2. The largest absolute Gasteiger partial charge is 0.367 e. The minimum Gasteiger partial charge on any atom is -0.367 e. The minimum absolute atomic E-state index is 0.172. The zero-order valence-corrected chi connectivity index (χ0v) is 37.9. The minimum atomic E-state index is -4.36. The number of hydrogen-bond acceptors (Lipinski definition) is 9. The summed E-state index contributed by atoms with van der Waals surface area (Å²) in [6.45, 7) is 14.3. The van der Waals surface area contributed by atoms with Crippen molar-refractivity contribution in [3.05, 3.63) is 149 Å². The van der Waals surface area contributed by atoms with E-state index in [0.717, 1.165) is 22.5 Å². The van der Waals surface area contributed by atoms with Gasteiger partial charge in [-0.2, -0.15) is 16.8 Å². The summed E-state index contributed by atoms with van der Waals surface area (Å²) in [5, 5.41) is 3.63. The summed E-state index contributed by atoms with van der Waals surface area (Å²) in [4.78, 5) is 3.99. The summed E-state index contributed by atoms with van der Waals surface area (Å²) in [6, 6.07) is 35.1. The van der Waals surface area contributed by atoms with Gasteiger partial charge in [0.2, 0.25) is 10.0 Å². The van der Waals surface area contributed by atoms with Crippen molar-refractivity contribution in [1.29, 1.82) is 0 Å². The van der Waals surface area contributed by atoms with Crippen LogP contribution in [-0.2, 0) is 43.3 Å². The Hall–Kier alpha value is -4.61. The number of benzene rings is 5. The van der Waals surface area contributed by atoms with E-state index in [1.54, 1.807) is 36.4 Å². The van der Waals surface area contributed by atoms with Gasteiger partial charge in [-0.05, 0) is 137 Å². The highest BCUT2D eigenvalue weighted by Crippen LogP contribution is 2.38. The molecule has 326 valence electrons. The molecule has 15 heteroatoms. The molecule has 0 aliphatic carbocycles. The predicted octanol–water partition coefficient (Wildman–Crippen LogP) is 8.00. The fourth-order valence-corrected chi connectivity index (χ4v) is 11.4. The van der Waals surface area contributed by atoms with Crippen molar-refractivity contribution >= 4 is 41.6 Å². The van der Waals surface area contributed by atoms with Crippen LogP contribution in [-0.4, -0.2) is 64.6 Å². The van der Waals surface area contributed by atoms with Crippen molar-refractivity contribution in [1.82, 2.24) is 10.0 Å². The highest BCUT2D eigenvalue weighted by molar-refractivity contribution is 7.89. The average Bonchev–Trinajstić information content (AvgIpc) is 3.18. The van der Waals surface area contributed by atoms with E-state index in [4.69, 9.17) is 0 Å². The third-order valence-corrected chi connectivity index (χ3v) is 14.4. The van der Waals surface area contributed by atoms with E-state index in [1.807, 2.05) is 74.5 Å². The van der Waals surface area contributed by atoms with Crippen LogP contribution in [0.25, 0.3) is 0 Å². The van der Waals surface area contributed by atoms with Crippen LogP contribution in [0.4, 0.5) is 11.4 Å². The summed E-state index contributed by atoms with van der Waals surface area (Å²) >= 11 is 0. The molecular weight excluding hydrogens is 833 g/mol. The molecule has 0 unspecified atom stereocenters. The van der Waals surface area contributed by atoms with Crippen LogP contribution in [0.3, 0.4) is 0 Å². The maximum absolute atomic E-state index is 14.5. The molecule has 1 heterocycles. The smallest absolute Gasteiger partial charge is 0.294 e. The molecule has 0 spiro atoms. The number of rotatable bonds is 16. The van der Waals surface area contributed by atoms with Gasteiger partial charge in [-0.15, -0.1) is 0 Å². The Morgan fingerprint density at radius 2 is 1.05 bits per heavy atom. The lowest BCUT2D eigenvalue weighted by Crippen LogP contribution is -2.62. The van der Waals surface area contributed by atoms with E-state index in [9.17, 15) is 34.4 Å². The van der Waals surface area contributed by atoms with Crippen LogP contribution in [0.2, 0.25) is 0 Å². The van der Waals surface area contributed by atoms with Gasteiger partial charge < -0.3 is 15.1 Å². The molecule has 1 fully saturated rings. The fourth-order valence-electron chi connectivity index (χ4n) is 8.78. The summed E-state index contributed by atoms with van der Waals surface area (Å²) in [5.41, 5.74) is 4.89. The molecule has 1 aliphatic heterocycles. The first-order chi connectivity index (χ1) is 28.6. The number of nitrogens with zero attached hydrogens (tertiary/aromatic N) is 2. The van der Waals surface area contributed by atoms with Crippen molar-refractivity contribution in [2.75, 3.05) is 22.9 Å². The summed E-state index contributed by atoms with van der Waals surface area (Å²) in [6.07, 6.45) is 1.23. The van der Waals surface area contributed by atoms with Gasteiger partial charge in [0.05, 0.1) is 14.7 Å². The summed E-state index contributed by atoms with van der Waals surface area (Å²) < 4.78 is 98.7. The van der Waals surface area contributed by atoms with Crippen molar-refractivity contribution < 1.29 is 34.4 Å². The first-order valence-electron chi connectivity index (χ1n) is 20.3. The second-order valence-corrected chi connectivity index (χ2v) is 21.6. The molecule has 4 N–H and O–H groups in total. The van der Waals surface area contributed by atoms with E-state index < -0.39 is 36.2 Å². The Kier molecular flexibility index (Phi) is 13.6. The fraction of sp³-hybridized carbons (Fsp3) is 0.348. The zero-order valence-electron chi connectivity index (χ0n) is 35.4. The van der Waals surface area contributed by atoms with E-state index in [-0.39, 0.29) is 31.8 Å². The number of hydrogen-bond donors (Lipinski definition) is 4. The first-order valence-corrected chi connectivity index (χ1v) is 24.7. The molecule has 0 bridgehead atoms. The number of piperidine rings is 1. The second-order valence-electron chi connectivity index (χ2n) is 17.0. The first kappa shape index (κ1) is 45.9. The Morgan fingerprint density at radius 3 is 1.46 bits per heavy atom. The molecule has 5 aromatic rings. The normalized spacial score (nSPS) is 15.8. The predicted molar refractivity (Wildman–Crippen MR) is 241 cm³/mol. The molecule has 6 rings (SSSR count). The highest BCUT2D eigenvalue weighted by atomic mass is 32.2. The van der Waals surface area contributed by atoms with Gasteiger partial charge >= 0.3 is 0 Å². The van der Waals surface area contributed by atoms with Crippen molar-refractivity contribution in [3.63, 3.8) is 0 Å². The van der Waals surface area contributed by atoms with E-state index in [1.165, 1.54) is 24.3 Å². The molecule has 12 nitrogen and oxygen atoms in total. The Balaban J connectivity index is 1.38. The van der Waals surface area contributed by atoms with Gasteiger partial charge in [0.15, 0.2) is 0 Å². The van der Waals surface area contributed by atoms with Crippen LogP contribution in [0.1, 0.15) is 88.1 Å². The second kappa shape index (κ2) is 18.0. The lowest BCUT2D eigenvalue weighted by Gasteiger charge is -2.46. The average molecular weight is 889 g/mol. The molecule has 0 radical (unpaired) electrons. The van der Waals surface area contributed by atoms with Gasteiger partial charge in [-0.25, -0.2) is 13.1 Å². The van der Waals surface area contributed by atoms with Gasteiger partial charge in [0.1, 0.15) is 0 Å².